The minimum atomic E-state index is -0.484. The lowest BCUT2D eigenvalue weighted by Crippen LogP contribution is -2.07. The molecule has 0 radical (unpaired) electrons. The predicted octanol–water partition coefficient (Wildman–Crippen LogP) is 7.49. The van der Waals surface area contributed by atoms with Gasteiger partial charge >= 0.3 is 11.9 Å². The molecule has 0 bridgehead atoms. The Morgan fingerprint density at radius 2 is 1.41 bits per heavy atom. The van der Waals surface area contributed by atoms with E-state index < -0.39 is 11.9 Å². The summed E-state index contributed by atoms with van der Waals surface area (Å²) in [5.41, 5.74) is 1.91. The van der Waals surface area contributed by atoms with Gasteiger partial charge in [0, 0.05) is 33.8 Å². The molecule has 0 amide bonds. The number of benzene rings is 4. The fourth-order valence-electron chi connectivity index (χ4n) is 4.03. The number of thiophene rings is 1. The normalized spacial score (nSPS) is 11.2. The molecule has 6 heteroatoms. The van der Waals surface area contributed by atoms with Gasteiger partial charge in [-0.1, -0.05) is 48.5 Å². The third kappa shape index (κ3) is 3.45. The second kappa shape index (κ2) is 8.04. The molecule has 0 saturated carbocycles. The van der Waals surface area contributed by atoms with Crippen LogP contribution >= 0.6 is 27.3 Å². The van der Waals surface area contributed by atoms with Crippen molar-refractivity contribution in [3.8, 4) is 22.6 Å². The molecule has 158 valence electrons. The van der Waals surface area contributed by atoms with Gasteiger partial charge in [0.25, 0.3) is 0 Å². The Bertz CT molecular complexity index is 1550. The summed E-state index contributed by atoms with van der Waals surface area (Å²) in [4.78, 5) is 23.3. The number of carbonyl (C=O) groups excluding carboxylic acids is 2. The largest absolute Gasteiger partial charge is 0.423 e. The Hall–Kier alpha value is -3.22. The Balaban J connectivity index is 1.90. The fraction of sp³-hybridized carbons (Fsp3) is 0.0769. The van der Waals surface area contributed by atoms with Crippen LogP contribution in [0.2, 0.25) is 0 Å². The molecule has 0 spiro atoms. The highest BCUT2D eigenvalue weighted by Crippen LogP contribution is 2.49. The summed E-state index contributed by atoms with van der Waals surface area (Å²) in [6.07, 6.45) is 0. The fourth-order valence-corrected chi connectivity index (χ4v) is 5.98. The number of halogens is 1. The van der Waals surface area contributed by atoms with Crippen LogP contribution in [0.4, 0.5) is 0 Å². The van der Waals surface area contributed by atoms with E-state index in [9.17, 15) is 9.59 Å². The van der Waals surface area contributed by atoms with Crippen molar-refractivity contribution in [2.75, 3.05) is 0 Å². The maximum absolute atomic E-state index is 11.7. The number of ether oxygens (including phenoxy) is 2. The summed E-state index contributed by atoms with van der Waals surface area (Å²) in [5.74, 6) is -0.539. The first-order chi connectivity index (χ1) is 15.4. The smallest absolute Gasteiger partial charge is 0.308 e. The highest BCUT2D eigenvalue weighted by molar-refractivity contribution is 9.11. The van der Waals surface area contributed by atoms with Crippen LogP contribution in [-0.2, 0) is 9.59 Å². The van der Waals surface area contributed by atoms with Crippen molar-refractivity contribution < 1.29 is 19.1 Å². The lowest BCUT2D eigenvalue weighted by molar-refractivity contribution is -0.134. The van der Waals surface area contributed by atoms with Crippen LogP contribution in [0.25, 0.3) is 42.1 Å². The van der Waals surface area contributed by atoms with Crippen molar-refractivity contribution in [2.45, 2.75) is 13.8 Å². The first-order valence-corrected chi connectivity index (χ1v) is 11.6. The molecular weight excluding hydrogens is 488 g/mol. The molecule has 0 aliphatic carbocycles. The molecule has 0 N–H and O–H groups in total. The zero-order chi connectivity index (χ0) is 22.4. The molecule has 1 aromatic heterocycles. The monoisotopic (exact) mass is 504 g/mol. The van der Waals surface area contributed by atoms with Crippen molar-refractivity contribution in [3.63, 3.8) is 0 Å². The van der Waals surface area contributed by atoms with Gasteiger partial charge < -0.3 is 9.47 Å². The zero-order valence-corrected chi connectivity index (χ0v) is 19.7. The SMILES string of the molecule is CC(=O)Oc1ccc(-c2c3ccccc3c(Br)c3sc4ccccc4c23)cc1OC(C)=O. The van der Waals surface area contributed by atoms with E-state index in [0.29, 0.717) is 0 Å². The molecule has 4 aromatic carbocycles. The number of esters is 2. The van der Waals surface area contributed by atoms with Gasteiger partial charge in [-0.2, -0.15) is 0 Å². The summed E-state index contributed by atoms with van der Waals surface area (Å²) in [7, 11) is 0. The first kappa shape index (κ1) is 20.7. The van der Waals surface area contributed by atoms with E-state index in [2.05, 4.69) is 40.2 Å². The average Bonchev–Trinajstić information content (AvgIpc) is 3.15. The van der Waals surface area contributed by atoms with E-state index in [1.54, 1.807) is 23.5 Å². The average molecular weight is 505 g/mol. The highest BCUT2D eigenvalue weighted by atomic mass is 79.9. The predicted molar refractivity (Wildman–Crippen MR) is 133 cm³/mol. The third-order valence-corrected chi connectivity index (χ3v) is 7.49. The van der Waals surface area contributed by atoms with Crippen molar-refractivity contribution in [2.24, 2.45) is 0 Å². The molecule has 5 rings (SSSR count). The van der Waals surface area contributed by atoms with Crippen LogP contribution in [0.5, 0.6) is 11.5 Å². The lowest BCUT2D eigenvalue weighted by Gasteiger charge is -2.15. The summed E-state index contributed by atoms with van der Waals surface area (Å²) in [6.45, 7) is 2.64. The molecule has 32 heavy (non-hydrogen) atoms. The topological polar surface area (TPSA) is 52.6 Å². The van der Waals surface area contributed by atoms with Crippen LogP contribution in [0, 0.1) is 0 Å². The molecule has 0 atom stereocenters. The first-order valence-electron chi connectivity index (χ1n) is 9.96. The summed E-state index contributed by atoms with van der Waals surface area (Å²) in [6, 6.07) is 21.9. The molecule has 4 nitrogen and oxygen atoms in total. The Kier molecular flexibility index (Phi) is 5.19. The van der Waals surface area contributed by atoms with Crippen LogP contribution < -0.4 is 9.47 Å². The second-order valence-corrected chi connectivity index (χ2v) is 9.23. The van der Waals surface area contributed by atoms with Gasteiger partial charge in [-0.05, 0) is 56.0 Å². The molecule has 1 heterocycles. The van der Waals surface area contributed by atoms with E-state index in [1.807, 2.05) is 30.3 Å². The molecular formula is C26H17BrO4S. The van der Waals surface area contributed by atoms with Crippen molar-refractivity contribution >= 4 is 70.2 Å². The minimum absolute atomic E-state index is 0.212. The van der Waals surface area contributed by atoms with Gasteiger partial charge in [0.05, 0.1) is 4.70 Å². The third-order valence-electron chi connectivity index (χ3n) is 5.22. The number of hydrogen-bond donors (Lipinski definition) is 0. The number of fused-ring (bicyclic) bond motifs is 4. The number of hydrogen-bond acceptors (Lipinski definition) is 5. The summed E-state index contributed by atoms with van der Waals surface area (Å²) < 4.78 is 14.1. The van der Waals surface area contributed by atoms with E-state index in [4.69, 9.17) is 9.47 Å². The Morgan fingerprint density at radius 1 is 0.781 bits per heavy atom. The van der Waals surface area contributed by atoms with Crippen LogP contribution in [0.3, 0.4) is 0 Å². The second-order valence-electron chi connectivity index (χ2n) is 7.39. The zero-order valence-electron chi connectivity index (χ0n) is 17.3. The lowest BCUT2D eigenvalue weighted by atomic mass is 9.93. The van der Waals surface area contributed by atoms with Gasteiger partial charge in [0.15, 0.2) is 11.5 Å². The molecule has 0 saturated heterocycles. The minimum Gasteiger partial charge on any atom is -0.423 e. The van der Waals surface area contributed by atoms with Crippen LogP contribution in [0.15, 0.2) is 71.2 Å². The Morgan fingerprint density at radius 3 is 2.12 bits per heavy atom. The van der Waals surface area contributed by atoms with Gasteiger partial charge in [-0.15, -0.1) is 11.3 Å². The number of carbonyl (C=O) groups is 2. The molecule has 5 aromatic rings. The van der Waals surface area contributed by atoms with E-state index in [-0.39, 0.29) is 11.5 Å². The molecule has 0 unspecified atom stereocenters. The molecule has 0 aliphatic heterocycles. The quantitative estimate of drug-likeness (QED) is 0.188. The summed E-state index contributed by atoms with van der Waals surface area (Å²) >= 11 is 5.57. The highest BCUT2D eigenvalue weighted by Gasteiger charge is 2.20. The standard InChI is InChI=1S/C26H17BrO4S/c1-14(28)30-20-12-11-16(13-21(20)31-15(2)29)23-17-7-3-4-8-18(17)25(27)26-24(23)19-9-5-6-10-22(19)32-26/h3-13H,1-2H3. The molecule has 0 aliphatic rings. The van der Waals surface area contributed by atoms with Gasteiger partial charge in [-0.25, -0.2) is 0 Å². The van der Waals surface area contributed by atoms with E-state index >= 15 is 0 Å². The van der Waals surface area contributed by atoms with Gasteiger partial charge in [-0.3, -0.25) is 9.59 Å². The Labute approximate surface area is 196 Å². The van der Waals surface area contributed by atoms with E-state index in [1.165, 1.54) is 18.5 Å². The van der Waals surface area contributed by atoms with Crippen molar-refractivity contribution in [1.82, 2.24) is 0 Å². The van der Waals surface area contributed by atoms with Crippen LogP contribution in [-0.4, -0.2) is 11.9 Å². The van der Waals surface area contributed by atoms with Crippen LogP contribution in [0.1, 0.15) is 13.8 Å². The van der Waals surface area contributed by atoms with Crippen molar-refractivity contribution in [3.05, 3.63) is 71.2 Å². The molecule has 0 fully saturated rings. The van der Waals surface area contributed by atoms with E-state index in [0.717, 1.165) is 41.8 Å². The van der Waals surface area contributed by atoms with Crippen molar-refractivity contribution in [1.29, 1.82) is 0 Å². The maximum atomic E-state index is 11.7. The maximum Gasteiger partial charge on any atom is 0.308 e. The number of rotatable bonds is 3. The van der Waals surface area contributed by atoms with Gasteiger partial charge in [0.1, 0.15) is 0 Å². The van der Waals surface area contributed by atoms with Gasteiger partial charge in [0.2, 0.25) is 0 Å². The summed E-state index contributed by atoms with van der Waals surface area (Å²) in [5, 5.41) is 4.46.